The van der Waals surface area contributed by atoms with Crippen molar-refractivity contribution in [1.29, 1.82) is 0 Å². The molecule has 10 nitrogen and oxygen atoms in total. The average molecular weight is 501 g/mol. The summed E-state index contributed by atoms with van der Waals surface area (Å²) in [6.45, 7) is 0.00673. The lowest BCUT2D eigenvalue weighted by molar-refractivity contribution is -0.274. The summed E-state index contributed by atoms with van der Waals surface area (Å²) in [5.41, 5.74) is 0.422. The minimum absolute atomic E-state index is 0.246. The lowest BCUT2D eigenvalue weighted by Gasteiger charge is -2.39. The van der Waals surface area contributed by atoms with Crippen LogP contribution in [0.1, 0.15) is 28.0 Å². The maximum Gasteiger partial charge on any atom is 0.573 e. The molecule has 186 valence electrons. The molecular weight excluding hydrogens is 483 g/mol. The van der Waals surface area contributed by atoms with E-state index in [9.17, 15) is 18.0 Å². The summed E-state index contributed by atoms with van der Waals surface area (Å²) < 4.78 is 49.0. The van der Waals surface area contributed by atoms with Gasteiger partial charge in [0.15, 0.2) is 5.65 Å². The van der Waals surface area contributed by atoms with Crippen LogP contribution in [-0.2, 0) is 10.3 Å². The number of halogens is 3. The number of carboxylic acid groups (broad SMARTS) is 1. The first-order chi connectivity index (χ1) is 17.3. The first-order valence-corrected chi connectivity index (χ1v) is 10.4. The van der Waals surface area contributed by atoms with Gasteiger partial charge in [0.05, 0.1) is 12.8 Å². The Bertz CT molecular complexity index is 1380. The maximum atomic E-state index is 13.4. The van der Waals surface area contributed by atoms with Crippen molar-refractivity contribution in [2.75, 3.05) is 6.61 Å². The molecule has 36 heavy (non-hydrogen) atoms. The molecule has 4 heterocycles. The highest BCUT2D eigenvalue weighted by atomic mass is 19.4. The van der Waals surface area contributed by atoms with E-state index < -0.39 is 17.8 Å². The second-order valence-corrected chi connectivity index (χ2v) is 7.43. The maximum absolute atomic E-state index is 13.4. The van der Waals surface area contributed by atoms with Gasteiger partial charge in [0, 0.05) is 25.0 Å². The molecule has 1 unspecified atom stereocenters. The first kappa shape index (κ1) is 24.4. The van der Waals surface area contributed by atoms with E-state index in [2.05, 4.69) is 25.1 Å². The van der Waals surface area contributed by atoms with Gasteiger partial charge in [-0.3, -0.25) is 14.6 Å². The number of ether oxygens (including phenoxy) is 2. The van der Waals surface area contributed by atoms with E-state index in [1.807, 2.05) is 0 Å². The highest BCUT2D eigenvalue weighted by Crippen LogP contribution is 2.41. The number of fused-ring (bicyclic) bond motifs is 2. The number of carbonyl (C=O) groups excluding carboxylic acids is 1. The van der Waals surface area contributed by atoms with E-state index in [0.717, 1.165) is 0 Å². The number of alkyl halides is 3. The van der Waals surface area contributed by atoms with Crippen molar-refractivity contribution < 1.29 is 37.3 Å². The molecule has 1 aliphatic heterocycles. The Morgan fingerprint density at radius 2 is 1.89 bits per heavy atom. The van der Waals surface area contributed by atoms with Crippen LogP contribution < -0.4 is 14.8 Å². The molecule has 1 aromatic carbocycles. The molecule has 13 heteroatoms. The SMILES string of the molecule is O=C(NC1(c2ccc(OC(F)(F)F)cc2)CCOc2cccnc21)c1cnn2cccnc12.O=CO. The number of benzene rings is 1. The summed E-state index contributed by atoms with van der Waals surface area (Å²) in [4.78, 5) is 30.4. The van der Waals surface area contributed by atoms with Crippen molar-refractivity contribution in [1.82, 2.24) is 24.9 Å². The predicted octanol–water partition coefficient (Wildman–Crippen LogP) is 3.18. The third-order valence-corrected chi connectivity index (χ3v) is 5.34. The molecule has 0 radical (unpaired) electrons. The third-order valence-electron chi connectivity index (χ3n) is 5.34. The van der Waals surface area contributed by atoms with Gasteiger partial charge in [-0.2, -0.15) is 5.10 Å². The number of hydrogen-bond donors (Lipinski definition) is 2. The Balaban J connectivity index is 0.000000967. The van der Waals surface area contributed by atoms with E-state index in [4.69, 9.17) is 14.6 Å². The Labute approximate surface area is 201 Å². The number of amides is 1. The van der Waals surface area contributed by atoms with Crippen LogP contribution in [0.5, 0.6) is 11.5 Å². The van der Waals surface area contributed by atoms with E-state index in [-0.39, 0.29) is 24.4 Å². The van der Waals surface area contributed by atoms with Crippen LogP contribution in [0.3, 0.4) is 0 Å². The molecule has 1 amide bonds. The van der Waals surface area contributed by atoms with E-state index in [0.29, 0.717) is 29.1 Å². The smallest absolute Gasteiger partial charge is 0.491 e. The number of rotatable bonds is 4. The molecule has 5 rings (SSSR count). The fraction of sp³-hybridized carbons (Fsp3) is 0.174. The number of pyridine rings is 1. The highest BCUT2D eigenvalue weighted by molar-refractivity contribution is 6.00. The van der Waals surface area contributed by atoms with Crippen LogP contribution in [0, 0.1) is 0 Å². The van der Waals surface area contributed by atoms with E-state index in [1.165, 1.54) is 35.0 Å². The van der Waals surface area contributed by atoms with Gasteiger partial charge in [-0.1, -0.05) is 12.1 Å². The molecule has 2 N–H and O–H groups in total. The monoisotopic (exact) mass is 501 g/mol. The zero-order valence-corrected chi connectivity index (χ0v) is 18.3. The van der Waals surface area contributed by atoms with Crippen molar-refractivity contribution in [3.63, 3.8) is 0 Å². The zero-order valence-electron chi connectivity index (χ0n) is 18.3. The molecule has 4 aromatic rings. The van der Waals surface area contributed by atoms with Gasteiger partial charge in [-0.05, 0) is 35.9 Å². The quantitative estimate of drug-likeness (QED) is 0.408. The summed E-state index contributed by atoms with van der Waals surface area (Å²) in [6.07, 6.45) is 1.68. The van der Waals surface area contributed by atoms with Gasteiger partial charge in [-0.15, -0.1) is 13.2 Å². The standard InChI is InChI=1S/C22H16F3N5O3.CH2O2/c23-22(24,25)33-15-6-4-14(5-7-15)21(8-12-32-17-3-1-9-26-18(17)21)29-20(31)16-13-28-30-11-2-10-27-19(16)30;2-1-3/h1-7,9-11,13H,8,12H2,(H,29,31);1H,(H,2,3). The fourth-order valence-corrected chi connectivity index (χ4v) is 3.92. The Kier molecular flexibility index (Phi) is 6.72. The lowest BCUT2D eigenvalue weighted by atomic mass is 9.81. The Morgan fingerprint density at radius 3 is 2.61 bits per heavy atom. The summed E-state index contributed by atoms with van der Waals surface area (Å²) in [5.74, 6) is -0.358. The van der Waals surface area contributed by atoms with Crippen LogP contribution in [0.4, 0.5) is 13.2 Å². The number of carbonyl (C=O) groups is 2. The third kappa shape index (κ3) is 4.89. The van der Waals surface area contributed by atoms with Gasteiger partial charge in [0.2, 0.25) is 0 Å². The molecule has 1 atom stereocenters. The van der Waals surface area contributed by atoms with E-state index >= 15 is 0 Å². The van der Waals surface area contributed by atoms with Crippen LogP contribution in [0.15, 0.2) is 67.3 Å². The summed E-state index contributed by atoms with van der Waals surface area (Å²) >= 11 is 0. The van der Waals surface area contributed by atoms with Gasteiger partial charge in [0.1, 0.15) is 28.3 Å². The molecule has 1 aliphatic rings. The first-order valence-electron chi connectivity index (χ1n) is 10.4. The number of nitrogens with zero attached hydrogens (tertiary/aromatic N) is 4. The van der Waals surface area contributed by atoms with Crippen LogP contribution in [0.25, 0.3) is 5.65 Å². The summed E-state index contributed by atoms with van der Waals surface area (Å²) in [5, 5.41) is 14.1. The number of aromatic nitrogens is 4. The molecule has 0 spiro atoms. The average Bonchev–Trinajstić information content (AvgIpc) is 3.29. The predicted molar refractivity (Wildman–Crippen MR) is 117 cm³/mol. The Hall–Kier alpha value is -4.68. The molecule has 0 saturated carbocycles. The minimum Gasteiger partial charge on any atom is -0.491 e. The molecule has 0 bridgehead atoms. The van der Waals surface area contributed by atoms with Crippen molar-refractivity contribution in [2.45, 2.75) is 18.3 Å². The largest absolute Gasteiger partial charge is 0.573 e. The second-order valence-electron chi connectivity index (χ2n) is 7.43. The van der Waals surface area contributed by atoms with Crippen molar-refractivity contribution in [3.8, 4) is 11.5 Å². The van der Waals surface area contributed by atoms with Gasteiger partial charge >= 0.3 is 6.36 Å². The van der Waals surface area contributed by atoms with Gasteiger partial charge in [0.25, 0.3) is 12.4 Å². The molecule has 0 saturated heterocycles. The number of hydrogen-bond acceptors (Lipinski definition) is 7. The van der Waals surface area contributed by atoms with Gasteiger partial charge in [-0.25, -0.2) is 9.50 Å². The van der Waals surface area contributed by atoms with E-state index in [1.54, 1.807) is 36.8 Å². The Morgan fingerprint density at radius 1 is 1.17 bits per heavy atom. The topological polar surface area (TPSA) is 128 Å². The summed E-state index contributed by atoms with van der Waals surface area (Å²) in [6, 6.07) is 10.5. The molecular formula is C23H18F3N5O5. The fourth-order valence-electron chi connectivity index (χ4n) is 3.92. The van der Waals surface area contributed by atoms with Crippen LogP contribution in [0.2, 0.25) is 0 Å². The molecule has 0 aliphatic carbocycles. The second kappa shape index (κ2) is 9.90. The van der Waals surface area contributed by atoms with Crippen molar-refractivity contribution >= 4 is 18.0 Å². The zero-order chi connectivity index (χ0) is 25.8. The molecule has 3 aromatic heterocycles. The van der Waals surface area contributed by atoms with Crippen LogP contribution >= 0.6 is 0 Å². The van der Waals surface area contributed by atoms with Gasteiger partial charge < -0.3 is 19.9 Å². The lowest BCUT2D eigenvalue weighted by Crippen LogP contribution is -2.50. The van der Waals surface area contributed by atoms with Crippen molar-refractivity contribution in [3.05, 3.63) is 84.1 Å². The minimum atomic E-state index is -4.81. The molecule has 0 fully saturated rings. The highest BCUT2D eigenvalue weighted by Gasteiger charge is 2.43. The van der Waals surface area contributed by atoms with Crippen LogP contribution in [-0.4, -0.2) is 50.0 Å². The number of nitrogens with one attached hydrogen (secondary N) is 1. The van der Waals surface area contributed by atoms with Crippen molar-refractivity contribution in [2.24, 2.45) is 0 Å². The normalized spacial score (nSPS) is 16.6. The summed E-state index contributed by atoms with van der Waals surface area (Å²) in [7, 11) is 0.